The fraction of sp³-hybridized carbons (Fsp3) is 0.500. The highest BCUT2D eigenvalue weighted by Gasteiger charge is 2.50. The van der Waals surface area contributed by atoms with Gasteiger partial charge in [-0.2, -0.15) is 0 Å². The number of carbonyl (C=O) groups is 3. The Kier molecular flexibility index (Phi) is 11.1. The van der Waals surface area contributed by atoms with Crippen LogP contribution in [0.5, 0.6) is 11.5 Å². The molecule has 1 aliphatic rings. The molecular weight excluding hydrogens is 580 g/mol. The number of phenols is 2. The Morgan fingerprint density at radius 3 is 1.67 bits per heavy atom. The van der Waals surface area contributed by atoms with Crippen molar-refractivity contribution < 1.29 is 43.5 Å². The van der Waals surface area contributed by atoms with E-state index in [2.05, 4.69) is 9.98 Å². The summed E-state index contributed by atoms with van der Waals surface area (Å²) < 4.78 is 22.7. The summed E-state index contributed by atoms with van der Waals surface area (Å²) in [5.74, 6) is -2.00. The second-order valence-corrected chi connectivity index (χ2v) is 13.1. The van der Waals surface area contributed by atoms with Gasteiger partial charge in [0.05, 0.1) is 0 Å². The van der Waals surface area contributed by atoms with Gasteiger partial charge in [-0.15, -0.1) is 0 Å². The Bertz CT molecular complexity index is 1450. The Labute approximate surface area is 264 Å². The molecule has 0 amide bonds. The Balaban J connectivity index is 2.17. The van der Waals surface area contributed by atoms with E-state index in [-0.39, 0.29) is 28.9 Å². The van der Waals surface area contributed by atoms with E-state index in [0.717, 1.165) is 11.1 Å². The zero-order valence-electron chi connectivity index (χ0n) is 27.4. The first-order chi connectivity index (χ1) is 20.9. The fourth-order valence-electron chi connectivity index (χ4n) is 4.75. The summed E-state index contributed by atoms with van der Waals surface area (Å²) in [6.45, 7) is 15.5. The minimum Gasteiger partial charge on any atom is -0.507 e. The SMILES string of the molecule is CC(=O)OC[C@H]1O[C@@H](/N=C/c2cc(C(C)(C)C)ccc2O)[C@H](N=Cc2cc(C(C)(C)C)ccc2O)[C@@H](OC(C)=O)[C@@H]1OC(C)=O. The summed E-state index contributed by atoms with van der Waals surface area (Å²) in [5, 5.41) is 21.2. The highest BCUT2D eigenvalue weighted by atomic mass is 16.6. The maximum atomic E-state index is 12.4. The van der Waals surface area contributed by atoms with E-state index >= 15 is 0 Å². The van der Waals surface area contributed by atoms with E-state index in [0.29, 0.717) is 11.1 Å². The summed E-state index contributed by atoms with van der Waals surface area (Å²) >= 11 is 0. The lowest BCUT2D eigenvalue weighted by atomic mass is 9.86. The average molecular weight is 625 g/mol. The monoisotopic (exact) mass is 624 g/mol. The van der Waals surface area contributed by atoms with E-state index in [1.807, 2.05) is 53.7 Å². The molecule has 3 rings (SSSR count). The van der Waals surface area contributed by atoms with Gasteiger partial charge < -0.3 is 29.2 Å². The molecule has 1 aliphatic heterocycles. The molecule has 244 valence electrons. The number of rotatable bonds is 8. The number of esters is 3. The smallest absolute Gasteiger partial charge is 0.303 e. The molecule has 0 aliphatic carbocycles. The van der Waals surface area contributed by atoms with Crippen molar-refractivity contribution in [1.29, 1.82) is 0 Å². The lowest BCUT2D eigenvalue weighted by Crippen LogP contribution is -2.60. The molecule has 0 spiro atoms. The van der Waals surface area contributed by atoms with Crippen LogP contribution in [0.1, 0.15) is 84.6 Å². The van der Waals surface area contributed by atoms with Gasteiger partial charge in [0.1, 0.15) is 30.3 Å². The topological polar surface area (TPSA) is 153 Å². The van der Waals surface area contributed by atoms with Crippen molar-refractivity contribution in [2.75, 3.05) is 6.61 Å². The van der Waals surface area contributed by atoms with Crippen molar-refractivity contribution >= 4 is 30.3 Å². The number of nitrogens with zero attached hydrogens (tertiary/aromatic N) is 2. The average Bonchev–Trinajstić information content (AvgIpc) is 2.91. The van der Waals surface area contributed by atoms with Gasteiger partial charge in [-0.05, 0) is 46.2 Å². The van der Waals surface area contributed by atoms with E-state index in [9.17, 15) is 24.6 Å². The van der Waals surface area contributed by atoms with Crippen LogP contribution in [-0.2, 0) is 44.2 Å². The van der Waals surface area contributed by atoms with Crippen LogP contribution < -0.4 is 0 Å². The summed E-state index contributed by atoms with van der Waals surface area (Å²) in [5.41, 5.74) is 2.28. The van der Waals surface area contributed by atoms with Crippen LogP contribution in [0, 0.1) is 0 Å². The molecule has 11 nitrogen and oxygen atoms in total. The molecule has 0 unspecified atom stereocenters. The van der Waals surface area contributed by atoms with Crippen LogP contribution >= 0.6 is 0 Å². The van der Waals surface area contributed by atoms with Gasteiger partial charge in [0.15, 0.2) is 18.4 Å². The molecule has 2 N–H and O–H groups in total. The number of hydrogen-bond acceptors (Lipinski definition) is 11. The van der Waals surface area contributed by atoms with Gasteiger partial charge >= 0.3 is 17.9 Å². The summed E-state index contributed by atoms with van der Waals surface area (Å²) in [6, 6.07) is 9.30. The van der Waals surface area contributed by atoms with Gasteiger partial charge in [-0.3, -0.25) is 24.4 Å². The second-order valence-electron chi connectivity index (χ2n) is 13.1. The zero-order valence-corrected chi connectivity index (χ0v) is 27.4. The van der Waals surface area contributed by atoms with Crippen molar-refractivity contribution in [1.82, 2.24) is 0 Å². The molecule has 0 aromatic heterocycles. The minimum atomic E-state index is -1.22. The Morgan fingerprint density at radius 1 is 0.756 bits per heavy atom. The van der Waals surface area contributed by atoms with E-state index < -0.39 is 48.5 Å². The van der Waals surface area contributed by atoms with Gasteiger partial charge in [-0.25, -0.2) is 0 Å². The van der Waals surface area contributed by atoms with Crippen molar-refractivity contribution in [3.05, 3.63) is 58.7 Å². The number of phenolic OH excluding ortho intramolecular Hbond substituents is 2. The van der Waals surface area contributed by atoms with Gasteiger partial charge in [0, 0.05) is 44.3 Å². The zero-order chi connectivity index (χ0) is 33.7. The molecule has 0 saturated carbocycles. The van der Waals surface area contributed by atoms with Crippen molar-refractivity contribution in [2.24, 2.45) is 9.98 Å². The van der Waals surface area contributed by atoms with Gasteiger partial charge in [0.25, 0.3) is 0 Å². The number of aromatic hydroxyl groups is 2. The van der Waals surface area contributed by atoms with Crippen molar-refractivity contribution in [3.63, 3.8) is 0 Å². The molecule has 2 aromatic rings. The quantitative estimate of drug-likeness (QED) is 0.241. The Hall–Kier alpha value is -4.25. The normalized spacial score (nSPS) is 22.4. The largest absolute Gasteiger partial charge is 0.507 e. The third kappa shape index (κ3) is 9.62. The van der Waals surface area contributed by atoms with E-state index in [1.54, 1.807) is 24.3 Å². The number of hydrogen-bond donors (Lipinski definition) is 2. The predicted molar refractivity (Wildman–Crippen MR) is 169 cm³/mol. The lowest BCUT2D eigenvalue weighted by molar-refractivity contribution is -0.218. The van der Waals surface area contributed by atoms with E-state index in [4.69, 9.17) is 18.9 Å². The molecule has 0 radical (unpaired) electrons. The molecule has 1 fully saturated rings. The van der Waals surface area contributed by atoms with Gasteiger partial charge in [-0.1, -0.05) is 53.7 Å². The standard InChI is InChI=1S/C34H44N2O9/c1-19(37)42-18-28-30(43-20(2)38)31(44-21(3)39)29(35-16-22-14-24(33(4,5)6)10-12-26(22)40)32(45-28)36-17-23-15-25(34(7,8)9)11-13-27(23)41/h10-17,28-32,40-41H,18H2,1-9H3/b35-16?,36-17+/t28-,29-,30-,31-,32-/m1/s1. The predicted octanol–water partition coefficient (Wildman–Crippen LogP) is 4.75. The first kappa shape index (κ1) is 35.2. The lowest BCUT2D eigenvalue weighted by Gasteiger charge is -2.42. The minimum absolute atomic E-state index is 0.0164. The third-order valence-electron chi connectivity index (χ3n) is 7.22. The van der Waals surface area contributed by atoms with Crippen LogP contribution in [0.4, 0.5) is 0 Å². The van der Waals surface area contributed by atoms with Crippen molar-refractivity contribution in [3.8, 4) is 11.5 Å². The van der Waals surface area contributed by atoms with Crippen LogP contribution in [0.2, 0.25) is 0 Å². The Morgan fingerprint density at radius 2 is 1.22 bits per heavy atom. The molecule has 1 heterocycles. The molecule has 1 saturated heterocycles. The second kappa shape index (κ2) is 14.2. The summed E-state index contributed by atoms with van der Waals surface area (Å²) in [7, 11) is 0. The number of carbonyl (C=O) groups excluding carboxylic acids is 3. The van der Waals surface area contributed by atoms with Crippen LogP contribution in [0.3, 0.4) is 0 Å². The van der Waals surface area contributed by atoms with Crippen LogP contribution in [0.15, 0.2) is 46.4 Å². The van der Waals surface area contributed by atoms with E-state index in [1.165, 1.54) is 33.2 Å². The third-order valence-corrected chi connectivity index (χ3v) is 7.22. The summed E-state index contributed by atoms with van der Waals surface area (Å²) in [6.07, 6.45) is -1.83. The number of ether oxygens (including phenoxy) is 4. The van der Waals surface area contributed by atoms with Crippen LogP contribution in [-0.4, -0.2) is 77.7 Å². The molecule has 45 heavy (non-hydrogen) atoms. The maximum absolute atomic E-state index is 12.4. The maximum Gasteiger partial charge on any atom is 0.303 e. The molecular formula is C34H44N2O9. The number of benzene rings is 2. The van der Waals surface area contributed by atoms with Crippen molar-refractivity contribution in [2.45, 2.75) is 104 Å². The summed E-state index contributed by atoms with van der Waals surface area (Å²) in [4.78, 5) is 45.5. The first-order valence-electron chi connectivity index (χ1n) is 14.7. The van der Waals surface area contributed by atoms with Crippen LogP contribution in [0.25, 0.3) is 0 Å². The fourth-order valence-corrected chi connectivity index (χ4v) is 4.75. The number of aliphatic imine (C=N–C) groups is 2. The molecule has 11 heteroatoms. The highest BCUT2D eigenvalue weighted by molar-refractivity contribution is 5.85. The molecule has 5 atom stereocenters. The highest BCUT2D eigenvalue weighted by Crippen LogP contribution is 2.32. The first-order valence-corrected chi connectivity index (χ1v) is 14.7. The van der Waals surface area contributed by atoms with Gasteiger partial charge in [0.2, 0.25) is 0 Å². The molecule has 2 aromatic carbocycles. The molecule has 0 bridgehead atoms.